The molecule has 0 fully saturated rings. The third-order valence-electron chi connectivity index (χ3n) is 4.19. The predicted octanol–water partition coefficient (Wildman–Crippen LogP) is 2.04. The van der Waals surface area contributed by atoms with Crippen LogP contribution in [-0.2, 0) is 9.53 Å². The van der Waals surface area contributed by atoms with Gasteiger partial charge in [-0.25, -0.2) is 4.79 Å². The smallest absolute Gasteiger partial charge is 0.354 e. The summed E-state index contributed by atoms with van der Waals surface area (Å²) in [6, 6.07) is 0. The number of likely N-dealkylation sites (N-methyl/N-ethyl adjacent to an activating group) is 1. The first-order valence-corrected chi connectivity index (χ1v) is 8.81. The molecule has 0 bridgehead atoms. The van der Waals surface area contributed by atoms with Crippen LogP contribution in [0.2, 0.25) is 0 Å². The van der Waals surface area contributed by atoms with E-state index in [2.05, 4.69) is 4.98 Å². The van der Waals surface area contributed by atoms with Crippen LogP contribution in [0.1, 0.15) is 52.4 Å². The maximum absolute atomic E-state index is 12.9. The van der Waals surface area contributed by atoms with Crippen LogP contribution in [-0.4, -0.2) is 73.3 Å². The summed E-state index contributed by atoms with van der Waals surface area (Å²) in [6.45, 7) is 8.57. The van der Waals surface area contributed by atoms with Gasteiger partial charge in [-0.3, -0.25) is 9.59 Å². The monoisotopic (exact) mass is 365 g/mol. The number of Topliss-reactive ketones (excluding diaryl/α,β-unsaturated/α-hetero) is 1. The lowest BCUT2D eigenvalue weighted by molar-refractivity contribution is -0.131. The first-order valence-electron chi connectivity index (χ1n) is 8.81. The van der Waals surface area contributed by atoms with E-state index in [4.69, 9.17) is 4.74 Å². The van der Waals surface area contributed by atoms with Crippen LogP contribution in [0.25, 0.3) is 0 Å². The highest BCUT2D eigenvalue weighted by Crippen LogP contribution is 2.20. The Labute approximate surface area is 155 Å². The maximum atomic E-state index is 12.9. The Kier molecular flexibility index (Phi) is 8.02. The summed E-state index contributed by atoms with van der Waals surface area (Å²) >= 11 is 0. The molecule has 1 aromatic rings. The number of aryl methyl sites for hydroxylation is 1. The predicted molar refractivity (Wildman–Crippen MR) is 101 cm³/mol. The van der Waals surface area contributed by atoms with E-state index in [9.17, 15) is 14.4 Å². The number of hydrogen-bond donors (Lipinski definition) is 1. The molecule has 0 aliphatic rings. The fourth-order valence-electron chi connectivity index (χ4n) is 2.82. The summed E-state index contributed by atoms with van der Waals surface area (Å²) in [5, 5.41) is 0. The van der Waals surface area contributed by atoms with Gasteiger partial charge in [-0.2, -0.15) is 0 Å². The molecular weight excluding hydrogens is 334 g/mol. The van der Waals surface area contributed by atoms with Crippen LogP contribution in [0.3, 0.4) is 0 Å². The van der Waals surface area contributed by atoms with Crippen molar-refractivity contribution in [2.45, 2.75) is 34.1 Å². The molecule has 7 heteroatoms. The van der Waals surface area contributed by atoms with Crippen molar-refractivity contribution in [1.82, 2.24) is 14.8 Å². The van der Waals surface area contributed by atoms with Gasteiger partial charge in [-0.1, -0.05) is 13.8 Å². The van der Waals surface area contributed by atoms with E-state index < -0.39 is 5.97 Å². The van der Waals surface area contributed by atoms with Crippen LogP contribution in [0.4, 0.5) is 0 Å². The lowest BCUT2D eigenvalue weighted by atomic mass is 10.0. The zero-order chi connectivity index (χ0) is 20.0. The Morgan fingerprint density at radius 1 is 1.12 bits per heavy atom. The SMILES string of the molecule is COC(=O)c1[nH]c(C)c(C(=O)CN(CCN(C)C)C(=O)CC(C)C)c1C. The third-order valence-corrected chi connectivity index (χ3v) is 4.19. The van der Waals surface area contributed by atoms with Crippen LogP contribution in [0, 0.1) is 19.8 Å². The number of carbonyl (C=O) groups is 3. The standard InChI is InChI=1S/C19H31N3O4/c1-12(2)10-16(24)22(9-8-21(5)6)11-15(23)17-13(3)18(19(25)26-7)20-14(17)4/h12,20H,8-11H2,1-7H3. The van der Waals surface area contributed by atoms with Crippen LogP contribution in [0.15, 0.2) is 0 Å². The summed E-state index contributed by atoms with van der Waals surface area (Å²) in [4.78, 5) is 43.7. The van der Waals surface area contributed by atoms with E-state index in [0.29, 0.717) is 36.3 Å². The minimum absolute atomic E-state index is 0.000457. The number of nitrogens with one attached hydrogen (secondary N) is 1. The lowest BCUT2D eigenvalue weighted by Gasteiger charge is -2.24. The molecule has 0 radical (unpaired) electrons. The van der Waals surface area contributed by atoms with Crippen LogP contribution < -0.4 is 0 Å². The number of aromatic nitrogens is 1. The lowest BCUT2D eigenvalue weighted by Crippen LogP contribution is -2.40. The molecule has 1 amide bonds. The van der Waals surface area contributed by atoms with E-state index in [1.807, 2.05) is 32.8 Å². The number of amides is 1. The first kappa shape index (κ1) is 21.9. The molecule has 1 rings (SSSR count). The number of hydrogen-bond acceptors (Lipinski definition) is 5. The molecule has 0 spiro atoms. The van der Waals surface area contributed by atoms with Gasteiger partial charge >= 0.3 is 5.97 Å². The topological polar surface area (TPSA) is 82.7 Å². The summed E-state index contributed by atoms with van der Waals surface area (Å²) in [7, 11) is 5.15. The van der Waals surface area contributed by atoms with Gasteiger partial charge in [0, 0.05) is 30.8 Å². The molecule has 0 aromatic carbocycles. The Hall–Kier alpha value is -2.15. The molecule has 0 aliphatic heterocycles. The third kappa shape index (κ3) is 5.69. The molecule has 7 nitrogen and oxygen atoms in total. The molecule has 146 valence electrons. The van der Waals surface area contributed by atoms with E-state index in [-0.39, 0.29) is 29.8 Å². The Bertz CT molecular complexity index is 662. The second-order valence-corrected chi connectivity index (χ2v) is 7.26. The van der Waals surface area contributed by atoms with Crippen molar-refractivity contribution in [1.29, 1.82) is 0 Å². The largest absolute Gasteiger partial charge is 0.464 e. The Morgan fingerprint density at radius 3 is 2.23 bits per heavy atom. The molecular formula is C19H31N3O4. The zero-order valence-corrected chi connectivity index (χ0v) is 16.9. The second kappa shape index (κ2) is 9.52. The van der Waals surface area contributed by atoms with Gasteiger partial charge in [0.1, 0.15) is 5.69 Å². The molecule has 0 atom stereocenters. The number of aromatic amines is 1. The Morgan fingerprint density at radius 2 is 1.73 bits per heavy atom. The molecule has 0 saturated heterocycles. The molecule has 1 aromatic heterocycles. The summed E-state index contributed by atoms with van der Waals surface area (Å²) in [5.74, 6) is -0.498. The van der Waals surface area contributed by atoms with E-state index >= 15 is 0 Å². The van der Waals surface area contributed by atoms with Crippen molar-refractivity contribution < 1.29 is 19.1 Å². The number of esters is 1. The number of ketones is 1. The van der Waals surface area contributed by atoms with Crippen LogP contribution in [0.5, 0.6) is 0 Å². The summed E-state index contributed by atoms with van der Waals surface area (Å²) in [5.41, 5.74) is 1.90. The highest BCUT2D eigenvalue weighted by molar-refractivity contribution is 6.04. The van der Waals surface area contributed by atoms with E-state index in [1.165, 1.54) is 7.11 Å². The van der Waals surface area contributed by atoms with Gasteiger partial charge in [0.05, 0.1) is 13.7 Å². The zero-order valence-electron chi connectivity index (χ0n) is 16.9. The highest BCUT2D eigenvalue weighted by Gasteiger charge is 2.25. The second-order valence-electron chi connectivity index (χ2n) is 7.26. The number of rotatable bonds is 9. The average Bonchev–Trinajstić information content (AvgIpc) is 2.84. The van der Waals surface area contributed by atoms with Gasteiger partial charge < -0.3 is 19.5 Å². The average molecular weight is 365 g/mol. The number of nitrogens with zero attached hydrogens (tertiary/aromatic N) is 2. The molecule has 0 aliphatic carbocycles. The van der Waals surface area contributed by atoms with Gasteiger partial charge in [0.15, 0.2) is 5.78 Å². The summed E-state index contributed by atoms with van der Waals surface area (Å²) in [6.07, 6.45) is 0.402. The normalized spacial score (nSPS) is 11.1. The van der Waals surface area contributed by atoms with Crippen molar-refractivity contribution in [3.8, 4) is 0 Å². The van der Waals surface area contributed by atoms with Crippen molar-refractivity contribution in [2.24, 2.45) is 5.92 Å². The van der Waals surface area contributed by atoms with Crippen molar-refractivity contribution in [2.75, 3.05) is 40.8 Å². The van der Waals surface area contributed by atoms with Gasteiger partial charge in [-0.15, -0.1) is 0 Å². The Balaban J connectivity index is 3.03. The minimum Gasteiger partial charge on any atom is -0.464 e. The van der Waals surface area contributed by atoms with Crippen molar-refractivity contribution in [3.63, 3.8) is 0 Å². The summed E-state index contributed by atoms with van der Waals surface area (Å²) < 4.78 is 4.74. The van der Waals surface area contributed by atoms with Crippen LogP contribution >= 0.6 is 0 Å². The maximum Gasteiger partial charge on any atom is 0.354 e. The number of H-pyrrole nitrogens is 1. The molecule has 0 unspecified atom stereocenters. The quantitative estimate of drug-likeness (QED) is 0.535. The molecule has 1 N–H and O–H groups in total. The molecule has 0 saturated carbocycles. The number of carbonyl (C=O) groups excluding carboxylic acids is 3. The van der Waals surface area contributed by atoms with Gasteiger partial charge in [0.2, 0.25) is 5.91 Å². The fourth-order valence-corrected chi connectivity index (χ4v) is 2.82. The van der Waals surface area contributed by atoms with E-state index in [1.54, 1.807) is 18.7 Å². The fraction of sp³-hybridized carbons (Fsp3) is 0.632. The van der Waals surface area contributed by atoms with Gasteiger partial charge in [-0.05, 0) is 39.4 Å². The number of ether oxygens (including phenoxy) is 1. The molecule has 1 heterocycles. The highest BCUT2D eigenvalue weighted by atomic mass is 16.5. The van der Waals surface area contributed by atoms with Crippen molar-refractivity contribution >= 4 is 17.7 Å². The minimum atomic E-state index is -0.509. The molecule has 26 heavy (non-hydrogen) atoms. The van der Waals surface area contributed by atoms with Gasteiger partial charge in [0.25, 0.3) is 0 Å². The number of methoxy groups -OCH3 is 1. The van der Waals surface area contributed by atoms with E-state index in [0.717, 1.165) is 0 Å². The first-order chi connectivity index (χ1) is 12.1. The van der Waals surface area contributed by atoms with Crippen molar-refractivity contribution in [3.05, 3.63) is 22.5 Å².